The van der Waals surface area contributed by atoms with Crippen molar-refractivity contribution in [2.75, 3.05) is 37.7 Å². The normalized spacial score (nSPS) is 13.2. The van der Waals surface area contributed by atoms with Crippen LogP contribution in [-0.2, 0) is 22.4 Å². The molecule has 7 nitrogen and oxygen atoms in total. The van der Waals surface area contributed by atoms with Gasteiger partial charge in [0, 0.05) is 43.5 Å². The lowest BCUT2D eigenvalue weighted by molar-refractivity contribution is -0.130. The second-order valence-electron chi connectivity index (χ2n) is 11.2. The molecule has 1 aliphatic rings. The Morgan fingerprint density at radius 2 is 1.60 bits per heavy atom. The van der Waals surface area contributed by atoms with E-state index in [1.165, 1.54) is 0 Å². The zero-order valence-electron chi connectivity index (χ0n) is 25.5. The van der Waals surface area contributed by atoms with Gasteiger partial charge in [0.15, 0.2) is 5.78 Å². The van der Waals surface area contributed by atoms with Crippen molar-refractivity contribution in [2.24, 2.45) is 0 Å². The number of amides is 1. The molecule has 5 aromatic rings. The van der Waals surface area contributed by atoms with Crippen LogP contribution < -0.4 is 4.90 Å². The highest BCUT2D eigenvalue weighted by atomic mass is 32.1. The van der Waals surface area contributed by atoms with Gasteiger partial charge in [0.05, 0.1) is 23.5 Å². The first-order valence-corrected chi connectivity index (χ1v) is 16.1. The van der Waals surface area contributed by atoms with E-state index in [0.29, 0.717) is 43.7 Å². The zero-order chi connectivity index (χ0) is 31.3. The Bertz CT molecular complexity index is 1840. The quantitative estimate of drug-likeness (QED) is 0.134. The number of pyridine rings is 1. The van der Waals surface area contributed by atoms with E-state index in [0.717, 1.165) is 43.0 Å². The molecule has 6 rings (SSSR count). The average Bonchev–Trinajstić information content (AvgIpc) is 3.41. The second-order valence-corrected chi connectivity index (χ2v) is 12.2. The van der Waals surface area contributed by atoms with E-state index in [9.17, 15) is 14.4 Å². The molecule has 1 aliphatic heterocycles. The lowest BCUT2D eigenvalue weighted by Crippen LogP contribution is -2.49. The van der Waals surface area contributed by atoms with Gasteiger partial charge in [0.2, 0.25) is 5.91 Å². The Kier molecular flexibility index (Phi) is 9.03. The van der Waals surface area contributed by atoms with Crippen LogP contribution in [0.15, 0.2) is 91.1 Å². The highest BCUT2D eigenvalue weighted by Crippen LogP contribution is 2.35. The molecule has 8 heteroatoms. The number of thiophene rings is 1. The van der Waals surface area contributed by atoms with Crippen LogP contribution in [0.5, 0.6) is 0 Å². The summed E-state index contributed by atoms with van der Waals surface area (Å²) < 4.78 is 6.27. The highest BCUT2D eigenvalue weighted by Gasteiger charge is 2.24. The number of ketones is 1. The first-order chi connectivity index (χ1) is 21.9. The molecule has 0 atom stereocenters. The molecule has 1 amide bonds. The predicted molar refractivity (Wildman–Crippen MR) is 179 cm³/mol. The molecule has 1 fully saturated rings. The summed E-state index contributed by atoms with van der Waals surface area (Å²) in [7, 11) is 0. The van der Waals surface area contributed by atoms with Gasteiger partial charge >= 0.3 is 5.97 Å². The number of esters is 1. The van der Waals surface area contributed by atoms with Crippen molar-refractivity contribution in [1.82, 2.24) is 9.88 Å². The number of Topliss-reactive ketones (excluding diaryl/α,β-unsaturated/α-hetero) is 1. The lowest BCUT2D eigenvalue weighted by atomic mass is 10.0. The third kappa shape index (κ3) is 6.66. The molecular formula is C37H35N3O4S. The lowest BCUT2D eigenvalue weighted by Gasteiger charge is -2.35. The number of hydrogen-bond acceptors (Lipinski definition) is 7. The maximum atomic E-state index is 13.4. The number of benzene rings is 3. The molecule has 0 unspecified atom stereocenters. The van der Waals surface area contributed by atoms with E-state index >= 15 is 0 Å². The Hall–Kier alpha value is -4.82. The van der Waals surface area contributed by atoms with Gasteiger partial charge in [-0.25, -0.2) is 9.78 Å². The third-order valence-electron chi connectivity index (χ3n) is 8.28. The summed E-state index contributed by atoms with van der Waals surface area (Å²) in [5.41, 5.74) is 5.33. The maximum absolute atomic E-state index is 13.4. The molecule has 0 bridgehead atoms. The topological polar surface area (TPSA) is 79.8 Å². The van der Waals surface area contributed by atoms with E-state index in [2.05, 4.69) is 40.2 Å². The predicted octanol–water partition coefficient (Wildman–Crippen LogP) is 6.77. The van der Waals surface area contributed by atoms with E-state index in [1.807, 2.05) is 48.2 Å². The molecule has 228 valence electrons. The van der Waals surface area contributed by atoms with Gasteiger partial charge in [-0.1, -0.05) is 60.7 Å². The minimum absolute atomic E-state index is 0.0129. The molecule has 0 aliphatic carbocycles. The molecule has 0 saturated carbocycles. The first-order valence-electron chi connectivity index (χ1n) is 15.3. The number of hydrogen-bond donors (Lipinski definition) is 0. The van der Waals surface area contributed by atoms with Gasteiger partial charge in [-0.2, -0.15) is 0 Å². The van der Waals surface area contributed by atoms with E-state index in [4.69, 9.17) is 4.74 Å². The fourth-order valence-corrected chi connectivity index (χ4v) is 6.94. The summed E-state index contributed by atoms with van der Waals surface area (Å²) >= 11 is 1.55. The van der Waals surface area contributed by atoms with Crippen LogP contribution in [0.1, 0.15) is 43.6 Å². The summed E-state index contributed by atoms with van der Waals surface area (Å²) in [6.07, 6.45) is 2.23. The summed E-state index contributed by atoms with van der Waals surface area (Å²) in [5.74, 6) is 0.512. The Morgan fingerprint density at radius 3 is 2.33 bits per heavy atom. The first kappa shape index (κ1) is 30.2. The number of piperazine rings is 1. The Morgan fingerprint density at radius 1 is 0.844 bits per heavy atom. The molecule has 0 spiro atoms. The highest BCUT2D eigenvalue weighted by molar-refractivity contribution is 7.21. The number of carbonyl (C=O) groups is 3. The van der Waals surface area contributed by atoms with Gasteiger partial charge in [-0.3, -0.25) is 9.59 Å². The molecule has 3 aromatic carbocycles. The van der Waals surface area contributed by atoms with Gasteiger partial charge < -0.3 is 14.5 Å². The average molecular weight is 618 g/mol. The largest absolute Gasteiger partial charge is 0.462 e. The minimum Gasteiger partial charge on any atom is -0.462 e. The molecule has 1 saturated heterocycles. The fraction of sp³-hybridized carbons (Fsp3) is 0.243. The number of aromatic nitrogens is 1. The van der Waals surface area contributed by atoms with Crippen molar-refractivity contribution in [3.63, 3.8) is 0 Å². The molecule has 2 aromatic heterocycles. The summed E-state index contributed by atoms with van der Waals surface area (Å²) in [5, 5.41) is 1.12. The van der Waals surface area contributed by atoms with Crippen LogP contribution in [0.2, 0.25) is 0 Å². The van der Waals surface area contributed by atoms with Crippen LogP contribution >= 0.6 is 11.3 Å². The van der Waals surface area contributed by atoms with Gasteiger partial charge in [-0.05, 0) is 71.3 Å². The van der Waals surface area contributed by atoms with Crippen LogP contribution in [0.4, 0.5) is 5.82 Å². The molecule has 0 radical (unpaired) electrons. The summed E-state index contributed by atoms with van der Waals surface area (Å²) in [6, 6.07) is 27.7. The van der Waals surface area contributed by atoms with Crippen molar-refractivity contribution < 1.29 is 19.1 Å². The monoisotopic (exact) mass is 617 g/mol. The molecule has 0 N–H and O–H groups in total. The standard InChI is InChI=1S/C37H35N3O4S/c1-3-44-37(43)30-12-8-7-11-29(30)23-35(42)40-19-17-39(18-20-40)34-16-13-26(24-38-34)21-32(41)36-25(2)31-22-28(14-15-33(31)45-36)27-9-5-4-6-10-27/h4-16,22,24H,3,17-21,23H2,1-2H3. The van der Waals surface area contributed by atoms with Crippen LogP contribution in [0, 0.1) is 6.92 Å². The molecule has 3 heterocycles. The van der Waals surface area contributed by atoms with Gasteiger partial charge in [0.1, 0.15) is 5.82 Å². The van der Waals surface area contributed by atoms with Crippen molar-refractivity contribution >= 4 is 44.9 Å². The van der Waals surface area contributed by atoms with Gasteiger partial charge in [-0.15, -0.1) is 11.3 Å². The molecular weight excluding hydrogens is 582 g/mol. The summed E-state index contributed by atoms with van der Waals surface area (Å²) in [4.78, 5) is 48.2. The maximum Gasteiger partial charge on any atom is 0.338 e. The number of anilines is 1. The number of nitrogens with zero attached hydrogens (tertiary/aromatic N) is 3. The second kappa shape index (κ2) is 13.4. The van der Waals surface area contributed by atoms with Crippen LogP contribution in [0.25, 0.3) is 21.2 Å². The minimum atomic E-state index is -0.404. The molecule has 45 heavy (non-hydrogen) atoms. The van der Waals surface area contributed by atoms with Crippen molar-refractivity contribution in [2.45, 2.75) is 26.7 Å². The smallest absolute Gasteiger partial charge is 0.338 e. The third-order valence-corrected chi connectivity index (χ3v) is 9.60. The van der Waals surface area contributed by atoms with Crippen molar-refractivity contribution in [3.8, 4) is 11.1 Å². The van der Waals surface area contributed by atoms with E-state index < -0.39 is 5.97 Å². The van der Waals surface area contributed by atoms with Crippen molar-refractivity contribution in [3.05, 3.63) is 118 Å². The number of aryl methyl sites for hydroxylation is 1. The number of rotatable bonds is 9. The zero-order valence-corrected chi connectivity index (χ0v) is 26.3. The van der Waals surface area contributed by atoms with Crippen LogP contribution in [0.3, 0.4) is 0 Å². The van der Waals surface area contributed by atoms with Crippen LogP contribution in [-0.4, -0.2) is 60.3 Å². The SMILES string of the molecule is CCOC(=O)c1ccccc1CC(=O)N1CCN(c2ccc(CC(=O)c3sc4ccc(-c5ccccc5)cc4c3C)cn2)CC1. The van der Waals surface area contributed by atoms with E-state index in [1.54, 1.807) is 42.7 Å². The Labute approximate surface area is 267 Å². The van der Waals surface area contributed by atoms with Crippen molar-refractivity contribution in [1.29, 1.82) is 0 Å². The fourth-order valence-electron chi connectivity index (χ4n) is 5.81. The number of fused-ring (bicyclic) bond motifs is 1. The van der Waals surface area contributed by atoms with Gasteiger partial charge in [0.25, 0.3) is 0 Å². The number of carbonyl (C=O) groups excluding carboxylic acids is 3. The van der Waals surface area contributed by atoms with E-state index in [-0.39, 0.29) is 24.7 Å². The number of ether oxygens (including phenoxy) is 1. The Balaban J connectivity index is 1.05. The summed E-state index contributed by atoms with van der Waals surface area (Å²) in [6.45, 7) is 6.54.